The summed E-state index contributed by atoms with van der Waals surface area (Å²) in [6.45, 7) is 7.30. The van der Waals surface area contributed by atoms with Crippen LogP contribution in [0.3, 0.4) is 0 Å². The molecule has 1 heterocycles. The molecule has 1 fully saturated rings. The van der Waals surface area contributed by atoms with Crippen molar-refractivity contribution in [1.82, 2.24) is 0 Å². The van der Waals surface area contributed by atoms with Crippen molar-refractivity contribution >= 4 is 20.5 Å². The predicted octanol–water partition coefficient (Wildman–Crippen LogP) is 4.86. The first-order valence-corrected chi connectivity index (χ1v) is 8.49. The van der Waals surface area contributed by atoms with E-state index in [1.54, 1.807) is 31.0 Å². The second-order valence-corrected chi connectivity index (χ2v) is 9.88. The molecule has 0 aliphatic carbocycles. The van der Waals surface area contributed by atoms with Crippen LogP contribution < -0.4 is 0 Å². The van der Waals surface area contributed by atoms with Gasteiger partial charge < -0.3 is 0 Å². The van der Waals surface area contributed by atoms with E-state index in [1.807, 2.05) is 0 Å². The Hall–Kier alpha value is 0.507. The fourth-order valence-corrected chi connectivity index (χ4v) is 8.60. The van der Waals surface area contributed by atoms with Gasteiger partial charge in [-0.2, -0.15) is 0 Å². The minimum absolute atomic E-state index is 0. The average molecular weight is 221 g/mol. The molecule has 80 valence electrons. The summed E-state index contributed by atoms with van der Waals surface area (Å²) in [5.41, 5.74) is 1.17. The zero-order valence-electron chi connectivity index (χ0n) is 9.44. The van der Waals surface area contributed by atoms with Crippen LogP contribution in [0.2, 0.25) is 23.7 Å². The minimum atomic E-state index is -0.760. The van der Waals surface area contributed by atoms with Gasteiger partial charge in [0.25, 0.3) is 0 Å². The van der Waals surface area contributed by atoms with Gasteiger partial charge in [0, 0.05) is 0 Å². The van der Waals surface area contributed by atoms with Crippen molar-refractivity contribution in [3.8, 4) is 0 Å². The maximum atomic E-state index is 2.45. The number of rotatable bonds is 3. The number of hydrogen-bond acceptors (Lipinski definition) is 0. The summed E-state index contributed by atoms with van der Waals surface area (Å²) in [6, 6.07) is 4.72. The Morgan fingerprint density at radius 3 is 2.08 bits per heavy atom. The fraction of sp³-hybridized carbons (Fsp3) is 1.00. The standard InChI is InChI=1S/C11H24Si.ClH/c1-4-11-9-7-8-10-12(11,5-2)6-3;/h11H,4-10H2,1-3H3;1H. The lowest BCUT2D eigenvalue weighted by Gasteiger charge is -2.41. The number of hydrogen-bond donors (Lipinski definition) is 0. The monoisotopic (exact) mass is 220 g/mol. The van der Waals surface area contributed by atoms with Gasteiger partial charge in [0.15, 0.2) is 0 Å². The molecular weight excluding hydrogens is 196 g/mol. The summed E-state index contributed by atoms with van der Waals surface area (Å²) >= 11 is 0. The van der Waals surface area contributed by atoms with E-state index in [-0.39, 0.29) is 12.4 Å². The fourth-order valence-electron chi connectivity index (χ4n) is 3.20. The molecule has 0 N–H and O–H groups in total. The maximum Gasteiger partial charge on any atom is 0.0561 e. The first-order chi connectivity index (χ1) is 5.79. The van der Waals surface area contributed by atoms with E-state index in [1.165, 1.54) is 18.4 Å². The highest BCUT2D eigenvalue weighted by atomic mass is 35.5. The van der Waals surface area contributed by atoms with Gasteiger partial charge in [-0.1, -0.05) is 64.6 Å². The molecule has 0 bridgehead atoms. The Kier molecular flexibility index (Phi) is 6.31. The third-order valence-corrected chi connectivity index (χ3v) is 10.8. The van der Waals surface area contributed by atoms with Crippen LogP contribution in [-0.4, -0.2) is 8.07 Å². The highest BCUT2D eigenvalue weighted by molar-refractivity contribution is 6.81. The zero-order valence-corrected chi connectivity index (χ0v) is 11.3. The Balaban J connectivity index is 0.00000144. The molecule has 0 aromatic carbocycles. The molecule has 0 aromatic heterocycles. The Bertz CT molecular complexity index is 132. The Morgan fingerprint density at radius 1 is 1.08 bits per heavy atom. The van der Waals surface area contributed by atoms with Crippen molar-refractivity contribution in [1.29, 1.82) is 0 Å². The van der Waals surface area contributed by atoms with E-state index >= 15 is 0 Å². The van der Waals surface area contributed by atoms with Crippen LogP contribution in [0.1, 0.15) is 46.5 Å². The van der Waals surface area contributed by atoms with Crippen LogP contribution >= 0.6 is 12.4 Å². The Morgan fingerprint density at radius 2 is 1.69 bits per heavy atom. The van der Waals surface area contributed by atoms with Crippen LogP contribution in [0.4, 0.5) is 0 Å². The van der Waals surface area contributed by atoms with Gasteiger partial charge in [0.2, 0.25) is 0 Å². The lowest BCUT2D eigenvalue weighted by atomic mass is 10.1. The van der Waals surface area contributed by atoms with E-state index in [0.29, 0.717) is 0 Å². The topological polar surface area (TPSA) is 0 Å². The molecule has 0 nitrogen and oxygen atoms in total. The molecule has 1 rings (SSSR count). The molecule has 2 heteroatoms. The number of halogens is 1. The van der Waals surface area contributed by atoms with Crippen LogP contribution in [0.5, 0.6) is 0 Å². The molecule has 1 unspecified atom stereocenters. The summed E-state index contributed by atoms with van der Waals surface area (Å²) < 4.78 is 0. The van der Waals surface area contributed by atoms with Crippen molar-refractivity contribution in [2.45, 2.75) is 70.1 Å². The molecule has 0 saturated carbocycles. The van der Waals surface area contributed by atoms with E-state index in [4.69, 9.17) is 0 Å². The molecule has 1 aliphatic rings. The van der Waals surface area contributed by atoms with Crippen molar-refractivity contribution in [3.63, 3.8) is 0 Å². The highest BCUT2D eigenvalue weighted by Crippen LogP contribution is 2.44. The first kappa shape index (κ1) is 13.5. The summed E-state index contributed by atoms with van der Waals surface area (Å²) in [7, 11) is -0.760. The predicted molar refractivity (Wildman–Crippen MR) is 66.7 cm³/mol. The van der Waals surface area contributed by atoms with E-state index in [2.05, 4.69) is 20.8 Å². The SMILES string of the molecule is CCC1CCCC[Si]1(CC)CC.Cl. The quantitative estimate of drug-likeness (QED) is 0.596. The smallest absolute Gasteiger partial charge is 0.0561 e. The molecular formula is C11H25ClSi. The van der Waals surface area contributed by atoms with Crippen LogP contribution in [0.25, 0.3) is 0 Å². The van der Waals surface area contributed by atoms with Crippen molar-refractivity contribution in [3.05, 3.63) is 0 Å². The third-order valence-electron chi connectivity index (χ3n) is 4.24. The molecule has 1 aliphatic heterocycles. The van der Waals surface area contributed by atoms with Gasteiger partial charge in [0.05, 0.1) is 8.07 Å². The van der Waals surface area contributed by atoms with E-state index in [9.17, 15) is 0 Å². The average Bonchev–Trinajstić information content (AvgIpc) is 2.17. The maximum absolute atomic E-state index is 2.45. The molecule has 0 amide bonds. The molecule has 13 heavy (non-hydrogen) atoms. The van der Waals surface area contributed by atoms with Crippen LogP contribution in [0, 0.1) is 0 Å². The molecule has 0 radical (unpaired) electrons. The lowest BCUT2D eigenvalue weighted by Crippen LogP contribution is -2.40. The largest absolute Gasteiger partial charge is 0.147 e. The first-order valence-electron chi connectivity index (χ1n) is 5.79. The van der Waals surface area contributed by atoms with Gasteiger partial charge in [0.1, 0.15) is 0 Å². The van der Waals surface area contributed by atoms with Gasteiger partial charge >= 0.3 is 0 Å². The van der Waals surface area contributed by atoms with Crippen molar-refractivity contribution in [2.24, 2.45) is 0 Å². The van der Waals surface area contributed by atoms with Gasteiger partial charge in [-0.05, 0) is 5.54 Å². The van der Waals surface area contributed by atoms with Crippen LogP contribution in [0.15, 0.2) is 0 Å². The Labute approximate surface area is 90.9 Å². The molecule has 0 spiro atoms. The molecule has 1 atom stereocenters. The second-order valence-electron chi connectivity index (χ2n) is 4.42. The van der Waals surface area contributed by atoms with Gasteiger partial charge in [-0.15, -0.1) is 12.4 Å². The van der Waals surface area contributed by atoms with Crippen molar-refractivity contribution in [2.75, 3.05) is 0 Å². The normalized spacial score (nSPS) is 26.5. The van der Waals surface area contributed by atoms with E-state index < -0.39 is 8.07 Å². The van der Waals surface area contributed by atoms with Crippen molar-refractivity contribution < 1.29 is 0 Å². The van der Waals surface area contributed by atoms with Gasteiger partial charge in [-0.3, -0.25) is 0 Å². The highest BCUT2D eigenvalue weighted by Gasteiger charge is 2.38. The zero-order chi connectivity index (χ0) is 9.03. The molecule has 0 aromatic rings. The summed E-state index contributed by atoms with van der Waals surface area (Å²) in [5, 5.41) is 0. The minimum Gasteiger partial charge on any atom is -0.147 e. The van der Waals surface area contributed by atoms with Crippen LogP contribution in [-0.2, 0) is 0 Å². The summed E-state index contributed by atoms with van der Waals surface area (Å²) in [6.07, 6.45) is 6.09. The second kappa shape index (κ2) is 6.08. The van der Waals surface area contributed by atoms with Gasteiger partial charge in [-0.25, -0.2) is 0 Å². The van der Waals surface area contributed by atoms with E-state index in [0.717, 1.165) is 0 Å². The summed E-state index contributed by atoms with van der Waals surface area (Å²) in [5.74, 6) is 0. The third kappa shape index (κ3) is 2.73. The summed E-state index contributed by atoms with van der Waals surface area (Å²) in [4.78, 5) is 0. The molecule has 1 saturated heterocycles. The lowest BCUT2D eigenvalue weighted by molar-refractivity contribution is 0.584.